The van der Waals surface area contributed by atoms with Crippen LogP contribution in [0.3, 0.4) is 0 Å². The number of ether oxygens (including phenoxy) is 1. The second-order valence-corrected chi connectivity index (χ2v) is 8.80. The highest BCUT2D eigenvalue weighted by Gasteiger charge is 2.67. The van der Waals surface area contributed by atoms with Gasteiger partial charge in [0.2, 0.25) is 5.91 Å². The van der Waals surface area contributed by atoms with E-state index in [9.17, 15) is 9.59 Å². The minimum atomic E-state index is -0.244. The lowest BCUT2D eigenvalue weighted by Gasteiger charge is -2.56. The summed E-state index contributed by atoms with van der Waals surface area (Å²) in [6, 6.07) is 8.94. The summed E-state index contributed by atoms with van der Waals surface area (Å²) in [5.74, 6) is 0.329. The molecule has 0 aromatic heterocycles. The summed E-state index contributed by atoms with van der Waals surface area (Å²) in [6.07, 6.45) is 4.39. The molecule has 1 aliphatic carbocycles. The molecule has 5 heteroatoms. The zero-order valence-corrected chi connectivity index (χ0v) is 16.9. The van der Waals surface area contributed by atoms with E-state index in [0.29, 0.717) is 18.6 Å². The van der Waals surface area contributed by atoms with Crippen molar-refractivity contribution in [3.63, 3.8) is 0 Å². The number of amides is 1. The van der Waals surface area contributed by atoms with Crippen LogP contribution < -0.4 is 4.90 Å². The summed E-state index contributed by atoms with van der Waals surface area (Å²) in [4.78, 5) is 29.2. The zero-order chi connectivity index (χ0) is 19.6. The number of carbonyl (C=O) groups excluding carboxylic acids is 2. The highest BCUT2D eigenvalue weighted by molar-refractivity contribution is 5.96. The molecule has 1 aromatic rings. The average Bonchev–Trinajstić information content (AvgIpc) is 3.21. The minimum Gasteiger partial charge on any atom is -0.465 e. The second kappa shape index (κ2) is 6.18. The molecule has 148 valence electrons. The fourth-order valence-corrected chi connectivity index (χ4v) is 6.88. The Morgan fingerprint density at radius 2 is 2.07 bits per heavy atom. The molecule has 28 heavy (non-hydrogen) atoms. The maximum absolute atomic E-state index is 12.9. The van der Waals surface area contributed by atoms with E-state index in [1.165, 1.54) is 18.1 Å². The number of carbonyl (C=O) groups is 2. The predicted octanol–water partition coefficient (Wildman–Crippen LogP) is 2.89. The van der Waals surface area contributed by atoms with Gasteiger partial charge in [-0.2, -0.15) is 0 Å². The summed E-state index contributed by atoms with van der Waals surface area (Å²) in [5, 5.41) is 0. The van der Waals surface area contributed by atoms with Crippen LogP contribution in [0.15, 0.2) is 35.9 Å². The van der Waals surface area contributed by atoms with E-state index in [-0.39, 0.29) is 29.3 Å². The Kier molecular flexibility index (Phi) is 3.96. The lowest BCUT2D eigenvalue weighted by molar-refractivity contribution is -0.144. The van der Waals surface area contributed by atoms with E-state index >= 15 is 0 Å². The number of rotatable bonds is 2. The van der Waals surface area contributed by atoms with Gasteiger partial charge in [-0.1, -0.05) is 29.8 Å². The van der Waals surface area contributed by atoms with E-state index in [1.807, 2.05) is 11.0 Å². The largest absolute Gasteiger partial charge is 0.465 e. The van der Waals surface area contributed by atoms with Gasteiger partial charge in [-0.25, -0.2) is 0 Å². The first-order chi connectivity index (χ1) is 13.5. The first-order valence-corrected chi connectivity index (χ1v) is 10.4. The summed E-state index contributed by atoms with van der Waals surface area (Å²) in [7, 11) is 0. The molecule has 2 bridgehead atoms. The molecule has 1 amide bonds. The van der Waals surface area contributed by atoms with Crippen LogP contribution in [0.2, 0.25) is 0 Å². The number of allylic oxidation sites excluding steroid dienone is 1. The number of hydrogen-bond acceptors (Lipinski definition) is 4. The van der Waals surface area contributed by atoms with Gasteiger partial charge in [0.05, 0.1) is 12.6 Å². The van der Waals surface area contributed by atoms with E-state index in [2.05, 4.69) is 36.1 Å². The Bertz CT molecular complexity index is 878. The van der Waals surface area contributed by atoms with Crippen molar-refractivity contribution in [2.75, 3.05) is 24.6 Å². The topological polar surface area (TPSA) is 49.9 Å². The number of anilines is 1. The van der Waals surface area contributed by atoms with Crippen LogP contribution in [0.4, 0.5) is 5.69 Å². The Labute approximate surface area is 166 Å². The second-order valence-electron chi connectivity index (χ2n) is 8.80. The third kappa shape index (κ3) is 2.17. The van der Waals surface area contributed by atoms with Crippen LogP contribution in [-0.2, 0) is 19.7 Å². The Hall–Kier alpha value is -2.14. The first kappa shape index (κ1) is 17.9. The zero-order valence-electron chi connectivity index (χ0n) is 16.9. The van der Waals surface area contributed by atoms with Gasteiger partial charge in [0.1, 0.15) is 0 Å². The van der Waals surface area contributed by atoms with Crippen LogP contribution in [-0.4, -0.2) is 48.6 Å². The van der Waals surface area contributed by atoms with Gasteiger partial charge in [-0.05, 0) is 43.9 Å². The smallest absolute Gasteiger partial charge is 0.302 e. The number of esters is 1. The lowest BCUT2D eigenvalue weighted by atomic mass is 9.55. The van der Waals surface area contributed by atoms with Crippen molar-refractivity contribution in [1.82, 2.24) is 4.90 Å². The summed E-state index contributed by atoms with van der Waals surface area (Å²) >= 11 is 0. The number of nitrogens with zero attached hydrogens (tertiary/aromatic N) is 2. The predicted molar refractivity (Wildman–Crippen MR) is 107 cm³/mol. The molecular formula is C23H28N2O3. The normalized spacial score (nSPS) is 37.0. The van der Waals surface area contributed by atoms with E-state index in [4.69, 9.17) is 4.74 Å². The Morgan fingerprint density at radius 3 is 2.79 bits per heavy atom. The van der Waals surface area contributed by atoms with Gasteiger partial charge in [0.25, 0.3) is 0 Å². The van der Waals surface area contributed by atoms with E-state index in [0.717, 1.165) is 31.6 Å². The van der Waals surface area contributed by atoms with Gasteiger partial charge in [-0.15, -0.1) is 0 Å². The van der Waals surface area contributed by atoms with E-state index in [1.54, 1.807) is 6.92 Å². The molecule has 3 heterocycles. The van der Waals surface area contributed by atoms with Crippen molar-refractivity contribution in [3.8, 4) is 0 Å². The molecule has 5 nitrogen and oxygen atoms in total. The average molecular weight is 380 g/mol. The van der Waals surface area contributed by atoms with E-state index < -0.39 is 0 Å². The third-order valence-corrected chi connectivity index (χ3v) is 7.77. The molecular weight excluding hydrogens is 352 g/mol. The number of piperidine rings is 1. The van der Waals surface area contributed by atoms with Crippen molar-refractivity contribution in [1.29, 1.82) is 0 Å². The number of para-hydroxylation sites is 1. The maximum atomic E-state index is 12.9. The lowest BCUT2D eigenvalue weighted by Crippen LogP contribution is -2.65. The van der Waals surface area contributed by atoms with Crippen LogP contribution in [0.5, 0.6) is 0 Å². The van der Waals surface area contributed by atoms with Crippen LogP contribution >= 0.6 is 0 Å². The highest BCUT2D eigenvalue weighted by Crippen LogP contribution is 2.63. The summed E-state index contributed by atoms with van der Waals surface area (Å²) in [6.45, 7) is 7.70. The Balaban J connectivity index is 1.71. The number of fused-ring (bicyclic) bond motifs is 2. The summed E-state index contributed by atoms with van der Waals surface area (Å²) < 4.78 is 5.59. The van der Waals surface area contributed by atoms with Gasteiger partial charge in [0.15, 0.2) is 0 Å². The molecule has 0 radical (unpaired) electrons. The minimum absolute atomic E-state index is 0.0470. The molecule has 5 rings (SSSR count). The monoisotopic (exact) mass is 380 g/mol. The maximum Gasteiger partial charge on any atom is 0.302 e. The molecule has 0 N–H and O–H groups in total. The molecule has 3 aliphatic heterocycles. The van der Waals surface area contributed by atoms with Crippen LogP contribution in [0, 0.1) is 11.8 Å². The van der Waals surface area contributed by atoms with Gasteiger partial charge >= 0.3 is 5.97 Å². The van der Waals surface area contributed by atoms with Crippen molar-refractivity contribution in [3.05, 3.63) is 41.5 Å². The Morgan fingerprint density at radius 1 is 1.29 bits per heavy atom. The molecule has 1 saturated carbocycles. The summed E-state index contributed by atoms with van der Waals surface area (Å²) in [5.41, 5.74) is 3.76. The van der Waals surface area contributed by atoms with Crippen LogP contribution in [0.1, 0.15) is 39.2 Å². The standard InChI is InChI=1S/C23H28N2O3/c1-4-16-12-24-10-9-23-19-7-5-6-8-20(19)25(14(2)26)22(23)18(13-28-15(3)27)17(16)11-21(23)24/h4-8,17-18,21-22H,9-13H2,1-3H3/b16-4-/t17-,18+,21-,22-,23+/m0/s1. The van der Waals surface area contributed by atoms with Crippen molar-refractivity contribution >= 4 is 17.6 Å². The fraction of sp³-hybridized carbons (Fsp3) is 0.565. The van der Waals surface area contributed by atoms with Crippen molar-refractivity contribution in [2.45, 2.75) is 51.1 Å². The molecule has 0 unspecified atom stereocenters. The van der Waals surface area contributed by atoms with Gasteiger partial charge in [0, 0.05) is 43.5 Å². The molecule has 2 saturated heterocycles. The highest BCUT2D eigenvalue weighted by atomic mass is 16.5. The molecule has 3 fully saturated rings. The molecule has 1 aromatic carbocycles. The SMILES string of the molecule is C/C=C1/CN2CC[C@]34c5ccccc5N(C(C)=O)[C@H]3[C@H](COC(C)=O)[C@H]1C[C@H]24. The van der Waals surface area contributed by atoms with Gasteiger partial charge in [-0.3, -0.25) is 14.5 Å². The third-order valence-electron chi connectivity index (χ3n) is 7.77. The number of hydrogen-bond donors (Lipinski definition) is 0. The van der Waals surface area contributed by atoms with Crippen molar-refractivity contribution < 1.29 is 14.3 Å². The van der Waals surface area contributed by atoms with Crippen molar-refractivity contribution in [2.24, 2.45) is 11.8 Å². The molecule has 4 aliphatic rings. The molecule has 5 atom stereocenters. The fourth-order valence-electron chi connectivity index (χ4n) is 6.88. The number of benzene rings is 1. The van der Waals surface area contributed by atoms with Gasteiger partial charge < -0.3 is 9.64 Å². The molecule has 1 spiro atoms. The first-order valence-electron chi connectivity index (χ1n) is 10.4. The quantitative estimate of drug-likeness (QED) is 0.585. The van der Waals surface area contributed by atoms with Crippen LogP contribution in [0.25, 0.3) is 0 Å².